The van der Waals surface area contributed by atoms with E-state index in [-0.39, 0.29) is 12.3 Å². The molecule has 0 saturated heterocycles. The van der Waals surface area contributed by atoms with Gasteiger partial charge in [-0.05, 0) is 0 Å². The molecule has 0 spiro atoms. The van der Waals surface area contributed by atoms with E-state index in [9.17, 15) is 13.2 Å². The smallest absolute Gasteiger partial charge is 0.320 e. The van der Waals surface area contributed by atoms with Gasteiger partial charge in [-0.25, -0.2) is 13.1 Å². The lowest BCUT2D eigenvalue weighted by Crippen LogP contribution is -2.31. The Morgan fingerprint density at radius 1 is 1.67 bits per heavy atom. The highest BCUT2D eigenvalue weighted by Gasteiger charge is 2.09. The maximum Gasteiger partial charge on any atom is 0.320 e. The van der Waals surface area contributed by atoms with Gasteiger partial charge in [0, 0.05) is 0 Å². The van der Waals surface area contributed by atoms with Crippen LogP contribution in [0.15, 0.2) is 12.7 Å². The van der Waals surface area contributed by atoms with Crippen molar-refractivity contribution in [2.24, 2.45) is 0 Å². The fourth-order valence-corrected chi connectivity index (χ4v) is 1.22. The second kappa shape index (κ2) is 4.89. The van der Waals surface area contributed by atoms with Gasteiger partial charge in [0.15, 0.2) is 0 Å². The normalized spacial score (nSPS) is 10.8. The largest absolute Gasteiger partial charge is 0.468 e. The topological polar surface area (TPSA) is 72.5 Å². The third-order valence-corrected chi connectivity index (χ3v) is 2.26. The van der Waals surface area contributed by atoms with E-state index >= 15 is 0 Å². The highest BCUT2D eigenvalue weighted by molar-refractivity contribution is 7.89. The van der Waals surface area contributed by atoms with Gasteiger partial charge in [-0.15, -0.1) is 6.58 Å². The van der Waals surface area contributed by atoms with Gasteiger partial charge in [0.1, 0.15) is 6.54 Å². The fourth-order valence-electron chi connectivity index (χ4n) is 0.455. The van der Waals surface area contributed by atoms with Crippen LogP contribution in [0.3, 0.4) is 0 Å². The Morgan fingerprint density at radius 2 is 2.25 bits per heavy atom. The standard InChI is InChI=1S/C6H11NO4S/c1-3-4-12(9,10)7-5-6(8)11-2/h3,7H,1,4-5H2,2H3. The van der Waals surface area contributed by atoms with E-state index in [2.05, 4.69) is 11.3 Å². The third-order valence-electron chi connectivity index (χ3n) is 1.00. The van der Waals surface area contributed by atoms with Crippen LogP contribution in [-0.4, -0.2) is 33.8 Å². The van der Waals surface area contributed by atoms with Gasteiger partial charge in [-0.3, -0.25) is 4.79 Å². The highest BCUT2D eigenvalue weighted by Crippen LogP contribution is 1.83. The molecule has 0 unspecified atom stereocenters. The van der Waals surface area contributed by atoms with Crippen molar-refractivity contribution in [3.63, 3.8) is 0 Å². The van der Waals surface area contributed by atoms with Crippen LogP contribution < -0.4 is 4.72 Å². The molecule has 0 aromatic rings. The Balaban J connectivity index is 3.92. The number of nitrogens with one attached hydrogen (secondary N) is 1. The molecular formula is C6H11NO4S. The van der Waals surface area contributed by atoms with Gasteiger partial charge >= 0.3 is 5.97 Å². The van der Waals surface area contributed by atoms with Crippen LogP contribution in [0.25, 0.3) is 0 Å². The number of carbonyl (C=O) groups excluding carboxylic acids is 1. The first-order valence-electron chi connectivity index (χ1n) is 3.17. The van der Waals surface area contributed by atoms with Crippen LogP contribution in [0.5, 0.6) is 0 Å². The quantitative estimate of drug-likeness (QED) is 0.461. The minimum atomic E-state index is -3.41. The number of carbonyl (C=O) groups is 1. The van der Waals surface area contributed by atoms with Gasteiger partial charge in [-0.1, -0.05) is 6.08 Å². The lowest BCUT2D eigenvalue weighted by Gasteiger charge is -2.01. The van der Waals surface area contributed by atoms with Gasteiger partial charge in [0.2, 0.25) is 10.0 Å². The number of methoxy groups -OCH3 is 1. The zero-order valence-electron chi connectivity index (χ0n) is 6.74. The number of rotatable bonds is 5. The molecule has 70 valence electrons. The average Bonchev–Trinajstić information content (AvgIpc) is 2.00. The SMILES string of the molecule is C=CCS(=O)(=O)NCC(=O)OC. The summed E-state index contributed by atoms with van der Waals surface area (Å²) in [6, 6.07) is 0. The molecule has 0 saturated carbocycles. The first kappa shape index (κ1) is 11.1. The molecule has 0 aliphatic heterocycles. The van der Waals surface area contributed by atoms with Crippen LogP contribution in [0.4, 0.5) is 0 Å². The van der Waals surface area contributed by atoms with Gasteiger partial charge < -0.3 is 4.74 Å². The number of esters is 1. The second-order valence-corrected chi connectivity index (χ2v) is 3.82. The van der Waals surface area contributed by atoms with Crippen molar-refractivity contribution in [2.75, 3.05) is 19.4 Å². The van der Waals surface area contributed by atoms with E-state index in [4.69, 9.17) is 0 Å². The molecule has 6 heteroatoms. The zero-order chi connectivity index (χ0) is 9.61. The molecule has 0 fully saturated rings. The fraction of sp³-hybridized carbons (Fsp3) is 0.500. The summed E-state index contributed by atoms with van der Waals surface area (Å²) in [5.41, 5.74) is 0. The maximum atomic E-state index is 10.9. The van der Waals surface area contributed by atoms with Crippen LogP contribution in [0.1, 0.15) is 0 Å². The van der Waals surface area contributed by atoms with E-state index < -0.39 is 16.0 Å². The summed E-state index contributed by atoms with van der Waals surface area (Å²) in [4.78, 5) is 10.5. The van der Waals surface area contributed by atoms with Crippen LogP contribution in [0.2, 0.25) is 0 Å². The average molecular weight is 193 g/mol. The van der Waals surface area contributed by atoms with E-state index in [1.165, 1.54) is 13.2 Å². The molecule has 0 aliphatic carbocycles. The third kappa shape index (κ3) is 4.86. The molecule has 0 aromatic heterocycles. The predicted octanol–water partition coefficient (Wildman–Crippen LogP) is -0.735. The summed E-state index contributed by atoms with van der Waals surface area (Å²) in [7, 11) is -2.22. The Kier molecular flexibility index (Phi) is 4.53. The van der Waals surface area contributed by atoms with Crippen LogP contribution >= 0.6 is 0 Å². The Bertz CT molecular complexity index is 257. The molecule has 5 nitrogen and oxygen atoms in total. The summed E-state index contributed by atoms with van der Waals surface area (Å²) in [6.07, 6.45) is 1.24. The first-order chi connectivity index (χ1) is 5.52. The van der Waals surface area contributed by atoms with E-state index in [0.717, 1.165) is 0 Å². The summed E-state index contributed by atoms with van der Waals surface area (Å²) in [5.74, 6) is -0.827. The molecule has 12 heavy (non-hydrogen) atoms. The molecule has 0 bridgehead atoms. The molecule has 0 radical (unpaired) electrons. The molecule has 0 atom stereocenters. The number of ether oxygens (including phenoxy) is 1. The van der Waals surface area contributed by atoms with Gasteiger partial charge in [0.25, 0.3) is 0 Å². The van der Waals surface area contributed by atoms with E-state index in [1.807, 2.05) is 4.72 Å². The molecule has 0 heterocycles. The molecular weight excluding hydrogens is 182 g/mol. The predicted molar refractivity (Wildman–Crippen MR) is 44.0 cm³/mol. The Hall–Kier alpha value is -0.880. The number of hydrogen-bond acceptors (Lipinski definition) is 4. The van der Waals surface area contributed by atoms with Crippen molar-refractivity contribution in [3.05, 3.63) is 12.7 Å². The zero-order valence-corrected chi connectivity index (χ0v) is 7.56. The minimum absolute atomic E-state index is 0.204. The molecule has 0 aromatic carbocycles. The van der Waals surface area contributed by atoms with Crippen molar-refractivity contribution >= 4 is 16.0 Å². The first-order valence-corrected chi connectivity index (χ1v) is 4.82. The summed E-state index contributed by atoms with van der Waals surface area (Å²) >= 11 is 0. The second-order valence-electron chi connectivity index (χ2n) is 1.97. The summed E-state index contributed by atoms with van der Waals surface area (Å²) in [5, 5.41) is 0. The molecule has 0 rings (SSSR count). The monoisotopic (exact) mass is 193 g/mol. The highest BCUT2D eigenvalue weighted by atomic mass is 32.2. The summed E-state index contributed by atoms with van der Waals surface area (Å²) < 4.78 is 28.0. The lowest BCUT2D eigenvalue weighted by atomic mass is 10.7. The van der Waals surface area contributed by atoms with Gasteiger partial charge in [-0.2, -0.15) is 0 Å². The van der Waals surface area contributed by atoms with Crippen molar-refractivity contribution < 1.29 is 17.9 Å². The Labute approximate surface area is 71.5 Å². The Morgan fingerprint density at radius 3 is 2.67 bits per heavy atom. The van der Waals surface area contributed by atoms with Gasteiger partial charge in [0.05, 0.1) is 12.9 Å². The van der Waals surface area contributed by atoms with Crippen molar-refractivity contribution in [2.45, 2.75) is 0 Å². The molecule has 1 N–H and O–H groups in total. The van der Waals surface area contributed by atoms with Crippen LogP contribution in [-0.2, 0) is 19.6 Å². The van der Waals surface area contributed by atoms with E-state index in [0.29, 0.717) is 0 Å². The van der Waals surface area contributed by atoms with Crippen molar-refractivity contribution in [3.8, 4) is 0 Å². The van der Waals surface area contributed by atoms with Crippen molar-refractivity contribution in [1.29, 1.82) is 0 Å². The molecule has 0 amide bonds. The molecule has 0 aliphatic rings. The minimum Gasteiger partial charge on any atom is -0.468 e. The number of hydrogen-bond donors (Lipinski definition) is 1. The maximum absolute atomic E-state index is 10.9. The summed E-state index contributed by atoms with van der Waals surface area (Å²) in [6.45, 7) is 2.92. The number of sulfonamides is 1. The van der Waals surface area contributed by atoms with E-state index in [1.54, 1.807) is 0 Å². The van der Waals surface area contributed by atoms with Crippen LogP contribution in [0, 0.1) is 0 Å². The lowest BCUT2D eigenvalue weighted by molar-refractivity contribution is -0.139. The van der Waals surface area contributed by atoms with Crippen molar-refractivity contribution in [1.82, 2.24) is 4.72 Å².